The Morgan fingerprint density at radius 3 is 2.89 bits per heavy atom. The first-order chi connectivity index (χ1) is 9.11. The van der Waals surface area contributed by atoms with Crippen molar-refractivity contribution in [3.8, 4) is 5.75 Å². The van der Waals surface area contributed by atoms with Crippen LogP contribution in [0.3, 0.4) is 0 Å². The van der Waals surface area contributed by atoms with Gasteiger partial charge in [0, 0.05) is 36.6 Å². The molecule has 0 saturated carbocycles. The Labute approximate surface area is 112 Å². The highest BCUT2D eigenvalue weighted by atomic mass is 19.1. The van der Waals surface area contributed by atoms with Gasteiger partial charge >= 0.3 is 0 Å². The van der Waals surface area contributed by atoms with Gasteiger partial charge in [-0.15, -0.1) is 0 Å². The van der Waals surface area contributed by atoms with Crippen LogP contribution >= 0.6 is 0 Å². The van der Waals surface area contributed by atoms with Crippen molar-refractivity contribution in [2.45, 2.75) is 33.0 Å². The van der Waals surface area contributed by atoms with Gasteiger partial charge in [0.05, 0.1) is 0 Å². The third-order valence-electron chi connectivity index (χ3n) is 2.97. The lowest BCUT2D eigenvalue weighted by Gasteiger charge is -2.11. The summed E-state index contributed by atoms with van der Waals surface area (Å²) in [5.41, 5.74) is 6.15. The van der Waals surface area contributed by atoms with Gasteiger partial charge in [-0.2, -0.15) is 0 Å². The van der Waals surface area contributed by atoms with Crippen molar-refractivity contribution in [3.63, 3.8) is 0 Å². The van der Waals surface area contributed by atoms with Crippen molar-refractivity contribution in [1.82, 2.24) is 9.55 Å². The van der Waals surface area contributed by atoms with Gasteiger partial charge in [-0.25, -0.2) is 9.37 Å². The van der Waals surface area contributed by atoms with Crippen LogP contribution in [0.5, 0.6) is 5.75 Å². The fourth-order valence-electron chi connectivity index (χ4n) is 1.88. The third-order valence-corrected chi connectivity index (χ3v) is 2.97. The van der Waals surface area contributed by atoms with Crippen LogP contribution < -0.4 is 10.5 Å². The Morgan fingerprint density at radius 1 is 1.47 bits per heavy atom. The minimum absolute atomic E-state index is 0.317. The molecule has 2 rings (SSSR count). The predicted octanol–water partition coefficient (Wildman–Crippen LogP) is 2.64. The molecule has 0 saturated heterocycles. The molecule has 4 nitrogen and oxygen atoms in total. The normalized spacial score (nSPS) is 12.4. The van der Waals surface area contributed by atoms with Gasteiger partial charge in [0.2, 0.25) is 0 Å². The monoisotopic (exact) mass is 263 g/mol. The molecule has 0 spiro atoms. The van der Waals surface area contributed by atoms with Gasteiger partial charge in [-0.1, -0.05) is 6.07 Å². The van der Waals surface area contributed by atoms with E-state index in [9.17, 15) is 4.39 Å². The Bertz CT molecular complexity index is 551. The Morgan fingerprint density at radius 2 is 2.26 bits per heavy atom. The lowest BCUT2D eigenvalue weighted by molar-refractivity contribution is 0.288. The van der Waals surface area contributed by atoms with Crippen molar-refractivity contribution in [3.05, 3.63) is 47.8 Å². The zero-order chi connectivity index (χ0) is 13.8. The summed E-state index contributed by atoms with van der Waals surface area (Å²) in [5, 5.41) is 0. The second kappa shape index (κ2) is 5.84. The molecule has 5 heteroatoms. The lowest BCUT2D eigenvalue weighted by atomic mass is 10.1. The van der Waals surface area contributed by atoms with E-state index in [1.54, 1.807) is 25.3 Å². The number of aromatic nitrogens is 2. The minimum Gasteiger partial charge on any atom is -0.486 e. The number of halogens is 1. The molecule has 0 unspecified atom stereocenters. The SMILES string of the molecule is CCn1ccnc1COc1ccc([C@H](C)N)c(F)c1. The number of imidazole rings is 1. The van der Waals surface area contributed by atoms with E-state index >= 15 is 0 Å². The van der Waals surface area contributed by atoms with Crippen molar-refractivity contribution >= 4 is 0 Å². The quantitative estimate of drug-likeness (QED) is 0.902. The fourth-order valence-corrected chi connectivity index (χ4v) is 1.88. The van der Waals surface area contributed by atoms with Crippen LogP contribution in [0.2, 0.25) is 0 Å². The summed E-state index contributed by atoms with van der Waals surface area (Å²) in [4.78, 5) is 4.19. The zero-order valence-corrected chi connectivity index (χ0v) is 11.1. The molecule has 1 aromatic heterocycles. The molecule has 1 heterocycles. The van der Waals surface area contributed by atoms with Crippen LogP contribution in [0.1, 0.15) is 31.3 Å². The molecule has 0 aliphatic rings. The number of hydrogen-bond donors (Lipinski definition) is 1. The van der Waals surface area contributed by atoms with Crippen LogP contribution in [-0.4, -0.2) is 9.55 Å². The van der Waals surface area contributed by atoms with E-state index in [0.717, 1.165) is 12.4 Å². The predicted molar refractivity (Wildman–Crippen MR) is 71.2 cm³/mol. The largest absolute Gasteiger partial charge is 0.486 e. The van der Waals surface area contributed by atoms with Crippen LogP contribution in [0.15, 0.2) is 30.6 Å². The molecular formula is C14H18FN3O. The molecule has 0 bridgehead atoms. The Hall–Kier alpha value is -1.88. The lowest BCUT2D eigenvalue weighted by Crippen LogP contribution is -2.08. The highest BCUT2D eigenvalue weighted by molar-refractivity contribution is 5.30. The summed E-state index contributed by atoms with van der Waals surface area (Å²) in [6.45, 7) is 4.92. The third kappa shape index (κ3) is 3.12. The number of rotatable bonds is 5. The Balaban J connectivity index is 2.06. The first-order valence-electron chi connectivity index (χ1n) is 6.29. The van der Waals surface area contributed by atoms with E-state index in [-0.39, 0.29) is 11.9 Å². The molecule has 2 aromatic rings. The van der Waals surface area contributed by atoms with E-state index < -0.39 is 0 Å². The van der Waals surface area contributed by atoms with Gasteiger partial charge in [0.1, 0.15) is 24.0 Å². The molecule has 2 N–H and O–H groups in total. The summed E-state index contributed by atoms with van der Waals surface area (Å²) >= 11 is 0. The number of benzene rings is 1. The number of aryl methyl sites for hydroxylation is 1. The Kier molecular flexibility index (Phi) is 4.16. The average molecular weight is 263 g/mol. The highest BCUT2D eigenvalue weighted by Crippen LogP contribution is 2.21. The fraction of sp³-hybridized carbons (Fsp3) is 0.357. The molecular weight excluding hydrogens is 245 g/mol. The minimum atomic E-state index is -0.341. The highest BCUT2D eigenvalue weighted by Gasteiger charge is 2.09. The summed E-state index contributed by atoms with van der Waals surface area (Å²) in [6.07, 6.45) is 3.61. The zero-order valence-electron chi connectivity index (χ0n) is 11.1. The smallest absolute Gasteiger partial charge is 0.146 e. The number of ether oxygens (including phenoxy) is 1. The van der Waals surface area contributed by atoms with Gasteiger partial charge in [-0.3, -0.25) is 0 Å². The summed E-state index contributed by atoms with van der Waals surface area (Å²) in [6, 6.07) is 4.41. The van der Waals surface area contributed by atoms with E-state index in [0.29, 0.717) is 17.9 Å². The molecule has 1 atom stereocenters. The molecule has 0 amide bonds. The van der Waals surface area contributed by atoms with Crippen molar-refractivity contribution < 1.29 is 9.13 Å². The molecule has 0 aliphatic carbocycles. The second-order valence-corrected chi connectivity index (χ2v) is 4.39. The second-order valence-electron chi connectivity index (χ2n) is 4.39. The number of nitrogens with zero attached hydrogens (tertiary/aromatic N) is 2. The first kappa shape index (κ1) is 13.5. The van der Waals surface area contributed by atoms with Gasteiger partial charge < -0.3 is 15.0 Å². The van der Waals surface area contributed by atoms with Gasteiger partial charge in [-0.05, 0) is 19.9 Å². The summed E-state index contributed by atoms with van der Waals surface area (Å²) in [7, 11) is 0. The topological polar surface area (TPSA) is 53.1 Å². The summed E-state index contributed by atoms with van der Waals surface area (Å²) < 4.78 is 21.3. The van der Waals surface area contributed by atoms with Gasteiger partial charge in [0.15, 0.2) is 0 Å². The standard InChI is InChI=1S/C14H18FN3O/c1-3-18-7-6-17-14(18)9-19-11-4-5-12(10(2)16)13(15)8-11/h4-8,10H,3,9,16H2,1-2H3/t10-/m0/s1. The van der Waals surface area contributed by atoms with E-state index in [4.69, 9.17) is 10.5 Å². The van der Waals surface area contributed by atoms with E-state index in [2.05, 4.69) is 4.98 Å². The number of nitrogens with two attached hydrogens (primary N) is 1. The van der Waals surface area contributed by atoms with Crippen molar-refractivity contribution in [2.75, 3.05) is 0 Å². The molecule has 102 valence electrons. The maximum absolute atomic E-state index is 13.7. The molecule has 0 radical (unpaired) electrons. The first-order valence-corrected chi connectivity index (χ1v) is 6.29. The molecule has 19 heavy (non-hydrogen) atoms. The molecule has 0 aliphatic heterocycles. The van der Waals surface area contributed by atoms with Crippen LogP contribution in [0, 0.1) is 5.82 Å². The summed E-state index contributed by atoms with van der Waals surface area (Å²) in [5.74, 6) is 0.957. The number of hydrogen-bond acceptors (Lipinski definition) is 3. The van der Waals surface area contributed by atoms with Gasteiger partial charge in [0.25, 0.3) is 0 Å². The van der Waals surface area contributed by atoms with E-state index in [1.165, 1.54) is 6.07 Å². The van der Waals surface area contributed by atoms with Crippen LogP contribution in [0.4, 0.5) is 4.39 Å². The maximum atomic E-state index is 13.7. The van der Waals surface area contributed by atoms with Crippen LogP contribution in [0.25, 0.3) is 0 Å². The van der Waals surface area contributed by atoms with Crippen LogP contribution in [-0.2, 0) is 13.2 Å². The van der Waals surface area contributed by atoms with E-state index in [1.807, 2.05) is 17.7 Å². The molecule has 0 fully saturated rings. The average Bonchev–Trinajstić information content (AvgIpc) is 2.83. The maximum Gasteiger partial charge on any atom is 0.146 e. The van der Waals surface area contributed by atoms with Crippen molar-refractivity contribution in [1.29, 1.82) is 0 Å². The van der Waals surface area contributed by atoms with Crippen molar-refractivity contribution in [2.24, 2.45) is 5.73 Å². The molecule has 1 aromatic carbocycles.